The van der Waals surface area contributed by atoms with Gasteiger partial charge in [-0.05, 0) is 29.9 Å². The van der Waals surface area contributed by atoms with Crippen molar-refractivity contribution in [3.8, 4) is 0 Å². The van der Waals surface area contributed by atoms with Crippen LogP contribution >= 0.6 is 0 Å². The SMILES string of the molecule is CCCC1CC=C2CNCCn3cc(C(=O)NC)c1c32. The van der Waals surface area contributed by atoms with Gasteiger partial charge in [0.2, 0.25) is 0 Å². The second-order valence-corrected chi connectivity index (χ2v) is 5.71. The van der Waals surface area contributed by atoms with E-state index in [1.165, 1.54) is 16.8 Å². The quantitative estimate of drug-likeness (QED) is 0.886. The van der Waals surface area contributed by atoms with E-state index in [2.05, 4.69) is 34.4 Å². The molecule has 1 aliphatic heterocycles. The van der Waals surface area contributed by atoms with Crippen molar-refractivity contribution in [3.63, 3.8) is 0 Å². The summed E-state index contributed by atoms with van der Waals surface area (Å²) in [6.45, 7) is 5.04. The predicted molar refractivity (Wildman–Crippen MR) is 80.9 cm³/mol. The highest BCUT2D eigenvalue weighted by Gasteiger charge is 2.31. The van der Waals surface area contributed by atoms with E-state index >= 15 is 0 Å². The van der Waals surface area contributed by atoms with Gasteiger partial charge in [0, 0.05) is 38.6 Å². The van der Waals surface area contributed by atoms with Crippen molar-refractivity contribution >= 4 is 11.5 Å². The Balaban J connectivity index is 2.15. The minimum absolute atomic E-state index is 0.0517. The first-order chi connectivity index (χ1) is 9.76. The molecule has 20 heavy (non-hydrogen) atoms. The van der Waals surface area contributed by atoms with Gasteiger partial charge in [-0.3, -0.25) is 4.79 Å². The third-order valence-electron chi connectivity index (χ3n) is 4.43. The van der Waals surface area contributed by atoms with Gasteiger partial charge in [-0.2, -0.15) is 0 Å². The summed E-state index contributed by atoms with van der Waals surface area (Å²) in [5.41, 5.74) is 4.83. The van der Waals surface area contributed by atoms with Crippen LogP contribution in [0.15, 0.2) is 12.3 Å². The van der Waals surface area contributed by atoms with Gasteiger partial charge >= 0.3 is 0 Å². The highest BCUT2D eigenvalue weighted by atomic mass is 16.1. The molecule has 0 saturated heterocycles. The molecule has 1 amide bonds. The first-order valence-electron chi connectivity index (χ1n) is 7.61. The van der Waals surface area contributed by atoms with Gasteiger partial charge in [0.25, 0.3) is 5.91 Å². The first-order valence-corrected chi connectivity index (χ1v) is 7.61. The van der Waals surface area contributed by atoms with Crippen LogP contribution in [0.3, 0.4) is 0 Å². The molecule has 1 aromatic rings. The zero-order valence-electron chi connectivity index (χ0n) is 12.3. The monoisotopic (exact) mass is 273 g/mol. The Labute approximate surface area is 120 Å². The van der Waals surface area contributed by atoms with Crippen molar-refractivity contribution in [1.29, 1.82) is 0 Å². The fourth-order valence-corrected chi connectivity index (χ4v) is 3.52. The van der Waals surface area contributed by atoms with E-state index in [1.54, 1.807) is 7.05 Å². The minimum atomic E-state index is 0.0517. The number of amides is 1. The third kappa shape index (κ3) is 2.08. The zero-order chi connectivity index (χ0) is 14.1. The second kappa shape index (κ2) is 5.44. The van der Waals surface area contributed by atoms with Crippen molar-refractivity contribution in [2.45, 2.75) is 38.6 Å². The van der Waals surface area contributed by atoms with E-state index in [4.69, 9.17) is 0 Å². The average molecular weight is 273 g/mol. The van der Waals surface area contributed by atoms with E-state index in [0.717, 1.165) is 44.5 Å². The summed E-state index contributed by atoms with van der Waals surface area (Å²) in [6.07, 6.45) is 7.79. The molecule has 2 aliphatic rings. The Morgan fingerprint density at radius 3 is 3.15 bits per heavy atom. The maximum absolute atomic E-state index is 12.2. The number of nitrogens with one attached hydrogen (secondary N) is 2. The second-order valence-electron chi connectivity index (χ2n) is 5.71. The number of carbonyl (C=O) groups is 1. The maximum atomic E-state index is 12.2. The lowest BCUT2D eigenvalue weighted by Crippen LogP contribution is -2.22. The summed E-state index contributed by atoms with van der Waals surface area (Å²) in [5.74, 6) is 0.543. The number of hydrogen-bond acceptors (Lipinski definition) is 2. The molecule has 4 nitrogen and oxygen atoms in total. The Kier molecular flexibility index (Phi) is 3.66. The van der Waals surface area contributed by atoms with Gasteiger partial charge in [0.15, 0.2) is 0 Å². The fraction of sp³-hybridized carbons (Fsp3) is 0.562. The molecule has 0 spiro atoms. The lowest BCUT2D eigenvalue weighted by Gasteiger charge is -2.24. The molecular weight excluding hydrogens is 250 g/mol. The van der Waals surface area contributed by atoms with Crippen LogP contribution in [0.4, 0.5) is 0 Å². The van der Waals surface area contributed by atoms with Crippen LogP contribution < -0.4 is 10.6 Å². The number of allylic oxidation sites excluding steroid dienone is 1. The summed E-state index contributed by atoms with van der Waals surface area (Å²) in [7, 11) is 1.72. The fourth-order valence-electron chi connectivity index (χ4n) is 3.52. The van der Waals surface area contributed by atoms with Crippen molar-refractivity contribution < 1.29 is 4.79 Å². The van der Waals surface area contributed by atoms with E-state index in [9.17, 15) is 4.79 Å². The van der Waals surface area contributed by atoms with E-state index in [-0.39, 0.29) is 5.91 Å². The van der Waals surface area contributed by atoms with Gasteiger partial charge in [-0.25, -0.2) is 0 Å². The highest BCUT2D eigenvalue weighted by molar-refractivity contribution is 5.97. The van der Waals surface area contributed by atoms with Crippen LogP contribution in [-0.2, 0) is 6.54 Å². The highest BCUT2D eigenvalue weighted by Crippen LogP contribution is 2.40. The van der Waals surface area contributed by atoms with E-state index in [1.807, 2.05) is 0 Å². The Hall–Kier alpha value is -1.55. The molecule has 2 N–H and O–H groups in total. The first kappa shape index (κ1) is 13.4. The molecule has 2 heterocycles. The van der Waals surface area contributed by atoms with Crippen molar-refractivity contribution in [1.82, 2.24) is 15.2 Å². The smallest absolute Gasteiger partial charge is 0.252 e. The number of nitrogens with zero attached hydrogens (tertiary/aromatic N) is 1. The molecule has 108 valence electrons. The van der Waals surface area contributed by atoms with Crippen LogP contribution in [0.2, 0.25) is 0 Å². The molecule has 1 aromatic heterocycles. The van der Waals surface area contributed by atoms with Crippen molar-refractivity contribution in [3.05, 3.63) is 29.1 Å². The molecule has 0 aromatic carbocycles. The van der Waals surface area contributed by atoms with Gasteiger partial charge in [0.1, 0.15) is 0 Å². The van der Waals surface area contributed by atoms with Gasteiger partial charge in [-0.1, -0.05) is 19.4 Å². The normalized spacial score (nSPS) is 20.9. The molecule has 1 aliphatic carbocycles. The molecule has 0 saturated carbocycles. The molecular formula is C16H23N3O. The largest absolute Gasteiger partial charge is 0.355 e. The predicted octanol–water partition coefficient (Wildman–Crippen LogP) is 2.12. The molecule has 1 atom stereocenters. The number of hydrogen-bond donors (Lipinski definition) is 2. The van der Waals surface area contributed by atoms with E-state index in [0.29, 0.717) is 5.92 Å². The van der Waals surface area contributed by atoms with E-state index < -0.39 is 0 Å². The maximum Gasteiger partial charge on any atom is 0.252 e. The molecule has 3 rings (SSSR count). The van der Waals surface area contributed by atoms with Crippen LogP contribution in [-0.4, -0.2) is 30.6 Å². The van der Waals surface area contributed by atoms with Gasteiger partial charge in [0.05, 0.1) is 5.56 Å². The Morgan fingerprint density at radius 1 is 1.55 bits per heavy atom. The summed E-state index contributed by atoms with van der Waals surface area (Å²) in [6, 6.07) is 0. The summed E-state index contributed by atoms with van der Waals surface area (Å²) in [5, 5.41) is 6.26. The van der Waals surface area contributed by atoms with Crippen molar-refractivity contribution in [2.75, 3.05) is 20.1 Å². The third-order valence-corrected chi connectivity index (χ3v) is 4.43. The van der Waals surface area contributed by atoms with Crippen molar-refractivity contribution in [2.24, 2.45) is 0 Å². The van der Waals surface area contributed by atoms with Crippen LogP contribution in [0.25, 0.3) is 5.57 Å². The molecule has 0 fully saturated rings. The summed E-state index contributed by atoms with van der Waals surface area (Å²) in [4.78, 5) is 12.2. The Bertz CT molecular complexity index is 556. The molecule has 4 heteroatoms. The van der Waals surface area contributed by atoms with Crippen LogP contribution in [0.1, 0.15) is 53.7 Å². The number of rotatable bonds is 3. The minimum Gasteiger partial charge on any atom is -0.355 e. The topological polar surface area (TPSA) is 46.1 Å². The molecule has 0 bridgehead atoms. The molecule has 1 unspecified atom stereocenters. The standard InChI is InChI=1S/C16H23N3O/c1-3-4-11-5-6-12-9-18-7-8-19-10-13(16(20)17-2)14(11)15(12)19/h6,10-11,18H,3-5,7-9H2,1-2H3,(H,17,20). The average Bonchev–Trinajstić information content (AvgIpc) is 2.73. The molecule has 0 radical (unpaired) electrons. The zero-order valence-corrected chi connectivity index (χ0v) is 12.3. The number of carbonyl (C=O) groups excluding carboxylic acids is 1. The lowest BCUT2D eigenvalue weighted by molar-refractivity contribution is 0.0961. The number of aromatic nitrogens is 1. The lowest BCUT2D eigenvalue weighted by atomic mass is 9.82. The van der Waals surface area contributed by atoms with Gasteiger partial charge in [-0.15, -0.1) is 0 Å². The van der Waals surface area contributed by atoms with Crippen LogP contribution in [0, 0.1) is 0 Å². The summed E-state index contributed by atoms with van der Waals surface area (Å²) >= 11 is 0. The van der Waals surface area contributed by atoms with Gasteiger partial charge < -0.3 is 15.2 Å². The summed E-state index contributed by atoms with van der Waals surface area (Å²) < 4.78 is 2.27. The van der Waals surface area contributed by atoms with Crippen LogP contribution in [0.5, 0.6) is 0 Å². The Morgan fingerprint density at radius 2 is 2.40 bits per heavy atom.